The molecule has 5 aliphatic rings. The van der Waals surface area contributed by atoms with Gasteiger partial charge in [0.2, 0.25) is 5.91 Å². The number of nitrogens with zero attached hydrogens (tertiary/aromatic N) is 4. The van der Waals surface area contributed by atoms with Gasteiger partial charge in [0, 0.05) is 39.4 Å². The van der Waals surface area contributed by atoms with Crippen molar-refractivity contribution in [2.75, 3.05) is 47.6 Å². The zero-order valence-electron chi connectivity index (χ0n) is 31.2. The molecule has 2 spiro atoms. The van der Waals surface area contributed by atoms with E-state index in [4.69, 9.17) is 4.74 Å². The van der Waals surface area contributed by atoms with E-state index in [2.05, 4.69) is 38.3 Å². The van der Waals surface area contributed by atoms with E-state index in [0.717, 1.165) is 58.6 Å². The molecule has 0 bridgehead atoms. The minimum absolute atomic E-state index is 0.0321. The number of carbonyl (C=O) groups excluding carboxylic acids is 3. The van der Waals surface area contributed by atoms with Crippen molar-refractivity contribution < 1.29 is 29.0 Å². The van der Waals surface area contributed by atoms with Crippen LogP contribution in [0.3, 0.4) is 0 Å². The number of anilines is 3. The van der Waals surface area contributed by atoms with Gasteiger partial charge in [-0.1, -0.05) is 53.2 Å². The summed E-state index contributed by atoms with van der Waals surface area (Å²) >= 11 is 3.64. The van der Waals surface area contributed by atoms with Gasteiger partial charge in [-0.15, -0.1) is 0 Å². The van der Waals surface area contributed by atoms with Gasteiger partial charge in [0.05, 0.1) is 44.1 Å². The van der Waals surface area contributed by atoms with Gasteiger partial charge in [-0.2, -0.15) is 0 Å². The number of hydrogen-bond acceptors (Lipinski definition) is 8. The van der Waals surface area contributed by atoms with Crippen LogP contribution >= 0.6 is 15.9 Å². The SMILES string of the molecule is C[C@H]1[C@H]([Si](C)(C)O)[C@@H](CC(=O)N2CCC[C@H]2CO)O[C@]12C(=O)N(Cc1cccc(N3CN(c4ccccc4)C4(CCNCC4)C3=O)c1)c1ccc(Br)cc12. The van der Waals surface area contributed by atoms with Gasteiger partial charge in [-0.3, -0.25) is 19.3 Å². The second kappa shape index (κ2) is 14.2. The second-order valence-electron chi connectivity index (χ2n) is 16.3. The molecule has 8 rings (SSSR count). The van der Waals surface area contributed by atoms with Crippen LogP contribution in [-0.2, 0) is 31.3 Å². The third kappa shape index (κ3) is 6.02. The first-order chi connectivity index (χ1) is 25.9. The fourth-order valence-corrected chi connectivity index (χ4v) is 13.1. The second-order valence-corrected chi connectivity index (χ2v) is 21.2. The van der Waals surface area contributed by atoms with Gasteiger partial charge in [-0.25, -0.2) is 0 Å². The molecular formula is C41H50BrN5O6Si. The molecule has 0 aromatic heterocycles. The Balaban J connectivity index is 1.11. The molecule has 3 aromatic carbocycles. The summed E-state index contributed by atoms with van der Waals surface area (Å²) in [6, 6.07) is 23.6. The maximum atomic E-state index is 15.1. The lowest BCUT2D eigenvalue weighted by atomic mass is 9.82. The molecule has 3 aromatic rings. The maximum Gasteiger partial charge on any atom is 0.264 e. The lowest BCUT2D eigenvalue weighted by Gasteiger charge is -2.39. The number of para-hydroxylation sites is 1. The van der Waals surface area contributed by atoms with Gasteiger partial charge in [0.15, 0.2) is 13.9 Å². The van der Waals surface area contributed by atoms with Crippen LogP contribution in [0.1, 0.15) is 50.2 Å². The minimum Gasteiger partial charge on any atom is -0.432 e. The van der Waals surface area contributed by atoms with Gasteiger partial charge >= 0.3 is 0 Å². The van der Waals surface area contributed by atoms with E-state index in [1.54, 1.807) is 9.80 Å². The van der Waals surface area contributed by atoms with E-state index < -0.39 is 37.0 Å². The highest BCUT2D eigenvalue weighted by Gasteiger charge is 2.66. The molecule has 286 valence electrons. The summed E-state index contributed by atoms with van der Waals surface area (Å²) in [4.78, 5) is 62.6. The van der Waals surface area contributed by atoms with E-state index >= 15 is 4.79 Å². The highest BCUT2D eigenvalue weighted by Crippen LogP contribution is 2.60. The van der Waals surface area contributed by atoms with E-state index in [-0.39, 0.29) is 43.3 Å². The number of rotatable bonds is 8. The lowest BCUT2D eigenvalue weighted by Crippen LogP contribution is -2.55. The number of hydrogen-bond donors (Lipinski definition) is 3. The number of aliphatic hydroxyl groups excluding tert-OH is 1. The van der Waals surface area contributed by atoms with Crippen molar-refractivity contribution in [3.05, 3.63) is 88.4 Å². The van der Waals surface area contributed by atoms with Gasteiger partial charge in [0.25, 0.3) is 11.8 Å². The number of piperidine rings is 1. The highest BCUT2D eigenvalue weighted by molar-refractivity contribution is 9.10. The van der Waals surface area contributed by atoms with E-state index in [9.17, 15) is 19.5 Å². The summed E-state index contributed by atoms with van der Waals surface area (Å²) < 4.78 is 7.75. The van der Waals surface area contributed by atoms with Crippen molar-refractivity contribution in [1.29, 1.82) is 0 Å². The zero-order chi connectivity index (χ0) is 38.0. The van der Waals surface area contributed by atoms with Crippen LogP contribution in [0.5, 0.6) is 0 Å². The Kier molecular flexibility index (Phi) is 9.79. The Hall–Kier alpha value is -3.59. The number of ether oxygens (including phenoxy) is 1. The Morgan fingerprint density at radius 2 is 1.74 bits per heavy atom. The molecule has 4 saturated heterocycles. The van der Waals surface area contributed by atoms with Crippen LogP contribution in [0.2, 0.25) is 18.6 Å². The molecule has 0 aliphatic carbocycles. The Labute approximate surface area is 326 Å². The van der Waals surface area contributed by atoms with Crippen LogP contribution in [0.15, 0.2) is 77.3 Å². The molecule has 13 heteroatoms. The molecule has 4 fully saturated rings. The number of halogens is 1. The van der Waals surface area contributed by atoms with Crippen LogP contribution < -0.4 is 20.0 Å². The molecular weight excluding hydrogens is 766 g/mol. The Bertz CT molecular complexity index is 1940. The number of aliphatic hydroxyl groups is 1. The molecule has 0 saturated carbocycles. The van der Waals surface area contributed by atoms with Crippen molar-refractivity contribution in [3.63, 3.8) is 0 Å². The number of amides is 3. The largest absolute Gasteiger partial charge is 0.432 e. The predicted molar refractivity (Wildman–Crippen MR) is 213 cm³/mol. The summed E-state index contributed by atoms with van der Waals surface area (Å²) in [5, 5.41) is 13.4. The number of likely N-dealkylation sites (tertiary alicyclic amines) is 1. The lowest BCUT2D eigenvalue weighted by molar-refractivity contribution is -0.150. The third-order valence-electron chi connectivity index (χ3n) is 12.7. The fourth-order valence-electron chi connectivity index (χ4n) is 10.2. The minimum atomic E-state index is -2.99. The summed E-state index contributed by atoms with van der Waals surface area (Å²) in [7, 11) is -2.99. The quantitative estimate of drug-likeness (QED) is 0.269. The number of benzene rings is 3. The average Bonchev–Trinajstić information content (AvgIpc) is 3.88. The smallest absolute Gasteiger partial charge is 0.264 e. The van der Waals surface area contributed by atoms with Crippen LogP contribution in [0.4, 0.5) is 17.1 Å². The van der Waals surface area contributed by atoms with Crippen molar-refractivity contribution >= 4 is 59.0 Å². The summed E-state index contributed by atoms with van der Waals surface area (Å²) in [6.07, 6.45) is 2.38. The van der Waals surface area contributed by atoms with Crippen molar-refractivity contribution in [3.8, 4) is 0 Å². The standard InChI is InChI=1S/C41H50BrN5O6Si/c1-27-37(54(2,3)52)35(23-36(49)44-20-8-13-32(44)25-48)53-41(27)33-22-29(42)14-15-34(33)45(39(41)51)24-28-9-7-12-31(21-28)46-26-47(30-10-5-4-6-11-30)40(38(46)50)16-18-43-19-17-40/h4-7,9-12,14-15,21-22,27,32,35,37,43,48,52H,8,13,16-20,23-26H2,1-3H3/t27-,32-,35+,37-,41+/m0/s1. The van der Waals surface area contributed by atoms with Crippen LogP contribution in [0, 0.1) is 5.92 Å². The van der Waals surface area contributed by atoms with E-state index in [1.807, 2.05) is 85.6 Å². The maximum absolute atomic E-state index is 15.1. The predicted octanol–water partition coefficient (Wildman–Crippen LogP) is 5.10. The molecule has 0 unspecified atom stereocenters. The molecule has 5 aliphatic heterocycles. The Morgan fingerprint density at radius 3 is 2.46 bits per heavy atom. The van der Waals surface area contributed by atoms with Crippen LogP contribution in [0.25, 0.3) is 0 Å². The van der Waals surface area contributed by atoms with Crippen molar-refractivity contribution in [1.82, 2.24) is 10.2 Å². The number of nitrogens with one attached hydrogen (secondary N) is 1. The summed E-state index contributed by atoms with van der Waals surface area (Å²) in [6.45, 7) is 8.40. The van der Waals surface area contributed by atoms with Crippen LogP contribution in [-0.4, -0.2) is 91.4 Å². The molecule has 0 radical (unpaired) electrons. The average molecular weight is 817 g/mol. The number of carbonyl (C=O) groups is 3. The Morgan fingerprint density at radius 1 is 1.00 bits per heavy atom. The highest BCUT2D eigenvalue weighted by atomic mass is 79.9. The van der Waals surface area contributed by atoms with E-state index in [1.165, 1.54) is 0 Å². The first-order valence-corrected chi connectivity index (χ1v) is 23.1. The number of fused-ring (bicyclic) bond motifs is 2. The summed E-state index contributed by atoms with van der Waals surface area (Å²) in [5.74, 6) is -0.668. The first kappa shape index (κ1) is 37.3. The molecule has 3 amide bonds. The monoisotopic (exact) mass is 815 g/mol. The van der Waals surface area contributed by atoms with Gasteiger partial charge < -0.3 is 34.7 Å². The molecule has 54 heavy (non-hydrogen) atoms. The third-order valence-corrected chi connectivity index (χ3v) is 15.7. The normalized spacial score (nSPS) is 27.9. The molecule has 5 heterocycles. The van der Waals surface area contributed by atoms with Crippen molar-refractivity contribution in [2.45, 2.75) is 87.5 Å². The van der Waals surface area contributed by atoms with Gasteiger partial charge in [-0.05, 0) is 99.9 Å². The molecule has 3 N–H and O–H groups in total. The first-order valence-electron chi connectivity index (χ1n) is 19.3. The summed E-state index contributed by atoms with van der Waals surface area (Å²) in [5.41, 5.74) is 1.69. The zero-order valence-corrected chi connectivity index (χ0v) is 33.8. The van der Waals surface area contributed by atoms with Crippen molar-refractivity contribution in [2.24, 2.45) is 5.92 Å². The van der Waals surface area contributed by atoms with E-state index in [0.29, 0.717) is 26.1 Å². The van der Waals surface area contributed by atoms with Gasteiger partial charge in [0.1, 0.15) is 5.54 Å². The topological polar surface area (TPSA) is 126 Å². The molecule has 11 nitrogen and oxygen atoms in total. The fraction of sp³-hybridized carbons (Fsp3) is 0.488. The molecule has 5 atom stereocenters.